The Morgan fingerprint density at radius 1 is 1.06 bits per heavy atom. The van der Waals surface area contributed by atoms with Gasteiger partial charge in [0.05, 0.1) is 13.1 Å². The Morgan fingerprint density at radius 3 is 2.43 bits per heavy atom. The summed E-state index contributed by atoms with van der Waals surface area (Å²) >= 11 is 0. The predicted octanol–water partition coefficient (Wildman–Crippen LogP) is 0.895. The number of aromatic nitrogens is 2. The number of primary amides is 1. The van der Waals surface area contributed by atoms with Crippen molar-refractivity contribution in [1.82, 2.24) is 9.13 Å². The van der Waals surface area contributed by atoms with Crippen LogP contribution in [-0.2, 0) is 19.5 Å². The molecule has 1 aliphatic heterocycles. The molecule has 0 saturated carbocycles. The Labute approximate surface area is 204 Å². The second-order valence-electron chi connectivity index (χ2n) is 8.54. The van der Waals surface area contributed by atoms with E-state index < -0.39 is 22.9 Å². The van der Waals surface area contributed by atoms with E-state index in [2.05, 4.69) is 9.24 Å². The zero-order chi connectivity index (χ0) is 25.3. The van der Waals surface area contributed by atoms with Crippen molar-refractivity contribution in [2.24, 2.45) is 5.73 Å². The van der Waals surface area contributed by atoms with Gasteiger partial charge in [0.15, 0.2) is 5.78 Å². The van der Waals surface area contributed by atoms with E-state index in [9.17, 15) is 19.2 Å². The highest BCUT2D eigenvalue weighted by Crippen LogP contribution is 2.30. The summed E-state index contributed by atoms with van der Waals surface area (Å²) in [4.78, 5) is 53.3. The van der Waals surface area contributed by atoms with Gasteiger partial charge in [-0.25, -0.2) is 4.79 Å². The van der Waals surface area contributed by atoms with Crippen molar-refractivity contribution in [3.8, 4) is 0 Å². The van der Waals surface area contributed by atoms with Gasteiger partial charge in [0, 0.05) is 24.3 Å². The summed E-state index contributed by atoms with van der Waals surface area (Å²) in [6, 6.07) is 12.7. The number of carbonyl (C=O) groups is 2. The fourth-order valence-electron chi connectivity index (χ4n) is 4.56. The van der Waals surface area contributed by atoms with Crippen LogP contribution in [0.5, 0.6) is 0 Å². The highest BCUT2D eigenvalue weighted by molar-refractivity contribution is 7.27. The molecule has 4 rings (SSSR count). The lowest BCUT2D eigenvalue weighted by atomic mass is 9.95. The number of hydrogen-bond acceptors (Lipinski definition) is 6. The van der Waals surface area contributed by atoms with Gasteiger partial charge in [-0.1, -0.05) is 30.3 Å². The zero-order valence-electron chi connectivity index (χ0n) is 19.5. The fraction of sp³-hybridized carbons (Fsp3) is 0.280. The van der Waals surface area contributed by atoms with Crippen LogP contribution in [0.2, 0.25) is 0 Å². The number of Topliss-reactive ketones (excluding diaryl/α,β-unsaturated/α-hetero) is 1. The Bertz CT molecular complexity index is 1430. The molecule has 3 aromatic rings. The molecule has 1 aliphatic rings. The summed E-state index contributed by atoms with van der Waals surface area (Å²) in [6.45, 7) is 2.37. The van der Waals surface area contributed by atoms with Crippen molar-refractivity contribution < 1.29 is 9.59 Å². The van der Waals surface area contributed by atoms with Gasteiger partial charge in [0.25, 0.3) is 5.56 Å². The van der Waals surface area contributed by atoms with Crippen LogP contribution in [0.4, 0.5) is 11.5 Å². The SMILES string of the molecule is CCn1c(=O)c(C(=O)CN2CCCc3c(C(N)=O)cccc32)c(N)n(Cc2ccc(P)cc2)c1=O. The Kier molecular flexibility index (Phi) is 6.89. The minimum Gasteiger partial charge on any atom is -0.384 e. The molecule has 10 heteroatoms. The third-order valence-electron chi connectivity index (χ3n) is 6.33. The summed E-state index contributed by atoms with van der Waals surface area (Å²) in [5, 5.41) is 0.991. The lowest BCUT2D eigenvalue weighted by Crippen LogP contribution is -2.45. The van der Waals surface area contributed by atoms with Crippen LogP contribution in [0, 0.1) is 0 Å². The first kappa shape index (κ1) is 24.4. The van der Waals surface area contributed by atoms with E-state index in [4.69, 9.17) is 11.5 Å². The van der Waals surface area contributed by atoms with E-state index in [-0.39, 0.29) is 31.0 Å². The number of nitrogen functional groups attached to an aromatic ring is 1. The molecule has 9 nitrogen and oxygen atoms in total. The standard InChI is InChI=1S/C25H28N5O4P/c1-2-29-24(33)21(22(26)30(25(29)34)13-15-8-10-16(35)11-9-15)20(31)14-28-12-4-6-17-18(23(27)32)5-3-7-19(17)28/h3,5,7-11H,2,4,6,12-14,26,35H2,1H3,(H2,27,32). The molecule has 0 aliphatic carbocycles. The van der Waals surface area contributed by atoms with Crippen LogP contribution in [0.1, 0.15) is 45.2 Å². The predicted molar refractivity (Wildman–Crippen MR) is 140 cm³/mol. The molecule has 0 radical (unpaired) electrons. The van der Waals surface area contributed by atoms with Crippen molar-refractivity contribution in [3.05, 3.63) is 85.6 Å². The van der Waals surface area contributed by atoms with Crippen LogP contribution in [-0.4, -0.2) is 33.9 Å². The third kappa shape index (κ3) is 4.64. The zero-order valence-corrected chi connectivity index (χ0v) is 20.6. The third-order valence-corrected chi connectivity index (χ3v) is 6.71. The molecule has 1 aromatic heterocycles. The average Bonchev–Trinajstić information content (AvgIpc) is 2.83. The molecular weight excluding hydrogens is 465 g/mol. The minimum atomic E-state index is -0.695. The molecule has 1 atom stereocenters. The lowest BCUT2D eigenvalue weighted by molar-refractivity contribution is 0.0991. The largest absolute Gasteiger partial charge is 0.384 e. The quantitative estimate of drug-likeness (QED) is 0.371. The number of benzene rings is 2. The topological polar surface area (TPSA) is 133 Å². The van der Waals surface area contributed by atoms with Gasteiger partial charge in [-0.3, -0.25) is 23.5 Å². The van der Waals surface area contributed by atoms with E-state index in [0.29, 0.717) is 18.5 Å². The number of amides is 1. The van der Waals surface area contributed by atoms with E-state index in [1.54, 1.807) is 19.1 Å². The molecular formula is C25H28N5O4P. The molecule has 0 spiro atoms. The Hall–Kier alpha value is -3.71. The number of hydrogen-bond donors (Lipinski definition) is 2. The van der Waals surface area contributed by atoms with Crippen molar-refractivity contribution >= 4 is 37.7 Å². The van der Waals surface area contributed by atoms with Gasteiger partial charge in [-0.2, -0.15) is 0 Å². The van der Waals surface area contributed by atoms with Gasteiger partial charge in [-0.05, 0) is 48.3 Å². The summed E-state index contributed by atoms with van der Waals surface area (Å²) < 4.78 is 2.30. The first-order valence-corrected chi connectivity index (χ1v) is 12.0. The Balaban J connectivity index is 1.74. The molecule has 2 aromatic carbocycles. The number of rotatable bonds is 7. The van der Waals surface area contributed by atoms with E-state index in [0.717, 1.165) is 33.1 Å². The number of nitrogens with zero attached hydrogens (tertiary/aromatic N) is 3. The van der Waals surface area contributed by atoms with Gasteiger partial charge in [0.1, 0.15) is 11.4 Å². The van der Waals surface area contributed by atoms with Gasteiger partial charge >= 0.3 is 5.69 Å². The molecule has 1 amide bonds. The summed E-state index contributed by atoms with van der Waals surface area (Å²) in [5.41, 5.74) is 13.1. The molecule has 0 fully saturated rings. The van der Waals surface area contributed by atoms with Crippen molar-refractivity contribution in [1.29, 1.82) is 0 Å². The monoisotopic (exact) mass is 493 g/mol. The summed E-state index contributed by atoms with van der Waals surface area (Å²) in [7, 11) is 2.59. The van der Waals surface area contributed by atoms with Gasteiger partial charge in [0.2, 0.25) is 5.91 Å². The van der Waals surface area contributed by atoms with Crippen LogP contribution < -0.4 is 32.9 Å². The number of carbonyl (C=O) groups excluding carboxylic acids is 2. The van der Waals surface area contributed by atoms with E-state index in [1.165, 1.54) is 4.57 Å². The van der Waals surface area contributed by atoms with Crippen LogP contribution in [0.15, 0.2) is 52.1 Å². The highest BCUT2D eigenvalue weighted by Gasteiger charge is 2.27. The fourth-order valence-corrected chi connectivity index (χ4v) is 4.76. The molecule has 0 saturated heterocycles. The molecule has 182 valence electrons. The number of nitrogens with two attached hydrogens (primary N) is 2. The Morgan fingerprint density at radius 2 is 1.77 bits per heavy atom. The first-order valence-electron chi connectivity index (χ1n) is 11.4. The summed E-state index contributed by atoms with van der Waals surface area (Å²) in [6.07, 6.45) is 1.40. The smallest absolute Gasteiger partial charge is 0.332 e. The minimum absolute atomic E-state index is 0.108. The van der Waals surface area contributed by atoms with Crippen molar-refractivity contribution in [2.45, 2.75) is 32.9 Å². The summed E-state index contributed by atoms with van der Waals surface area (Å²) in [5.74, 6) is -1.15. The maximum atomic E-state index is 13.5. The van der Waals surface area contributed by atoms with E-state index in [1.807, 2.05) is 35.2 Å². The maximum Gasteiger partial charge on any atom is 0.332 e. The second-order valence-corrected chi connectivity index (χ2v) is 9.20. The van der Waals surface area contributed by atoms with Crippen molar-refractivity contribution in [2.75, 3.05) is 23.7 Å². The number of anilines is 2. The molecule has 0 bridgehead atoms. The second kappa shape index (κ2) is 9.88. The van der Waals surface area contributed by atoms with Gasteiger partial charge in [-0.15, -0.1) is 9.24 Å². The van der Waals surface area contributed by atoms with Crippen LogP contribution >= 0.6 is 9.24 Å². The van der Waals surface area contributed by atoms with Crippen LogP contribution in [0.25, 0.3) is 0 Å². The molecule has 2 heterocycles. The lowest BCUT2D eigenvalue weighted by Gasteiger charge is -2.31. The van der Waals surface area contributed by atoms with Gasteiger partial charge < -0.3 is 16.4 Å². The first-order chi connectivity index (χ1) is 16.7. The van der Waals surface area contributed by atoms with E-state index >= 15 is 0 Å². The average molecular weight is 494 g/mol. The van der Waals surface area contributed by atoms with Crippen molar-refractivity contribution in [3.63, 3.8) is 0 Å². The maximum absolute atomic E-state index is 13.5. The molecule has 4 N–H and O–H groups in total. The normalized spacial score (nSPS) is 12.9. The van der Waals surface area contributed by atoms with Crippen LogP contribution in [0.3, 0.4) is 0 Å². The molecule has 35 heavy (non-hydrogen) atoms. The molecule has 1 unspecified atom stereocenters. The number of fused-ring (bicyclic) bond motifs is 1. The highest BCUT2D eigenvalue weighted by atomic mass is 31.0. The number of ketones is 1.